The summed E-state index contributed by atoms with van der Waals surface area (Å²) in [5.41, 5.74) is 0.0846. The highest BCUT2D eigenvalue weighted by Gasteiger charge is 2.32. The van der Waals surface area contributed by atoms with Gasteiger partial charge in [0.25, 0.3) is 0 Å². The van der Waals surface area contributed by atoms with Gasteiger partial charge in [-0.1, -0.05) is 0 Å². The van der Waals surface area contributed by atoms with Gasteiger partial charge in [-0.3, -0.25) is 4.90 Å². The average Bonchev–Trinajstić information content (AvgIpc) is 2.67. The van der Waals surface area contributed by atoms with Crippen LogP contribution in [0.4, 0.5) is 19.3 Å². The zero-order valence-electron chi connectivity index (χ0n) is 8.49. The molecule has 0 aliphatic carbocycles. The Morgan fingerprint density at radius 3 is 2.53 bits per heavy atom. The Morgan fingerprint density at radius 2 is 2.06 bits per heavy atom. The van der Waals surface area contributed by atoms with Gasteiger partial charge in [-0.05, 0) is 34.7 Å². The maximum atomic E-state index is 13.3. The fourth-order valence-electron chi connectivity index (χ4n) is 1.53. The molecule has 1 aromatic rings. The van der Waals surface area contributed by atoms with Crippen molar-refractivity contribution in [2.24, 2.45) is 0 Å². The minimum atomic E-state index is -0.735. The molecule has 1 fully saturated rings. The Bertz CT molecular complexity index is 446. The van der Waals surface area contributed by atoms with E-state index in [9.17, 15) is 13.6 Å². The molecule has 1 aromatic carbocycles. The topological polar surface area (TPSA) is 49.8 Å². The van der Waals surface area contributed by atoms with Crippen molar-refractivity contribution in [3.8, 4) is 0 Å². The van der Waals surface area contributed by atoms with Crippen LogP contribution in [0.1, 0.15) is 0 Å². The molecule has 1 amide bonds. The minimum Gasteiger partial charge on any atom is -0.441 e. The number of rotatable bonds is 2. The molecule has 4 nitrogen and oxygen atoms in total. The summed E-state index contributed by atoms with van der Waals surface area (Å²) < 4.78 is 31.3. The molecule has 0 bridgehead atoms. The Kier molecular flexibility index (Phi) is 3.48. The number of anilines is 1. The monoisotopic (exact) mass is 355 g/mol. The number of ether oxygens (including phenoxy) is 1. The van der Waals surface area contributed by atoms with Crippen LogP contribution in [-0.2, 0) is 4.74 Å². The van der Waals surface area contributed by atoms with Crippen LogP contribution in [-0.4, -0.2) is 30.5 Å². The highest BCUT2D eigenvalue weighted by atomic mass is 127. The average molecular weight is 355 g/mol. The van der Waals surface area contributed by atoms with Crippen LogP contribution in [0.15, 0.2) is 12.1 Å². The largest absolute Gasteiger partial charge is 0.441 e. The van der Waals surface area contributed by atoms with E-state index in [1.54, 1.807) is 22.6 Å². The van der Waals surface area contributed by atoms with Gasteiger partial charge >= 0.3 is 6.09 Å². The van der Waals surface area contributed by atoms with E-state index < -0.39 is 23.8 Å². The van der Waals surface area contributed by atoms with Crippen molar-refractivity contribution in [3.63, 3.8) is 0 Å². The van der Waals surface area contributed by atoms with Gasteiger partial charge in [0.15, 0.2) is 0 Å². The van der Waals surface area contributed by atoms with Crippen LogP contribution in [0.25, 0.3) is 0 Å². The van der Waals surface area contributed by atoms with E-state index in [1.807, 2.05) is 0 Å². The second-order valence-electron chi connectivity index (χ2n) is 3.52. The number of carbonyl (C=O) groups is 1. The van der Waals surface area contributed by atoms with E-state index in [4.69, 9.17) is 9.84 Å². The van der Waals surface area contributed by atoms with Gasteiger partial charge in [-0.15, -0.1) is 0 Å². The molecule has 0 aromatic heterocycles. The molecule has 1 heterocycles. The lowest BCUT2D eigenvalue weighted by Gasteiger charge is -2.13. The number of halogens is 3. The first-order valence-electron chi connectivity index (χ1n) is 4.76. The Balaban J connectivity index is 2.32. The van der Waals surface area contributed by atoms with E-state index >= 15 is 0 Å². The molecule has 0 radical (unpaired) electrons. The van der Waals surface area contributed by atoms with Crippen molar-refractivity contribution in [1.82, 2.24) is 0 Å². The molecule has 92 valence electrons. The zero-order chi connectivity index (χ0) is 12.6. The van der Waals surface area contributed by atoms with Gasteiger partial charge in [0.1, 0.15) is 17.7 Å². The molecule has 0 spiro atoms. The van der Waals surface area contributed by atoms with E-state index in [1.165, 1.54) is 0 Å². The molecule has 7 heteroatoms. The molecule has 1 aliphatic rings. The fourth-order valence-corrected chi connectivity index (χ4v) is 1.84. The molecule has 1 N–H and O–H groups in total. The summed E-state index contributed by atoms with van der Waals surface area (Å²) in [6.07, 6.45) is -1.38. The summed E-state index contributed by atoms with van der Waals surface area (Å²) in [6, 6.07) is 2.12. The lowest BCUT2D eigenvalue weighted by Crippen LogP contribution is -2.25. The van der Waals surface area contributed by atoms with Crippen molar-refractivity contribution in [2.75, 3.05) is 18.1 Å². The summed E-state index contributed by atoms with van der Waals surface area (Å²) in [4.78, 5) is 12.5. The number of nitrogens with zero attached hydrogens (tertiary/aromatic N) is 1. The Hall–Kier alpha value is -0.960. The predicted molar refractivity (Wildman–Crippen MR) is 63.8 cm³/mol. The number of amides is 1. The molecule has 1 aliphatic heterocycles. The molecular weight excluding hydrogens is 347 g/mol. The number of hydrogen-bond donors (Lipinski definition) is 1. The van der Waals surface area contributed by atoms with E-state index in [2.05, 4.69) is 0 Å². The van der Waals surface area contributed by atoms with Gasteiger partial charge in [0.05, 0.1) is 22.4 Å². The fraction of sp³-hybridized carbons (Fsp3) is 0.300. The number of aliphatic hydroxyl groups excluding tert-OH is 1. The molecule has 17 heavy (non-hydrogen) atoms. The van der Waals surface area contributed by atoms with E-state index in [-0.39, 0.29) is 22.4 Å². The molecule has 1 unspecified atom stereocenters. The summed E-state index contributed by atoms with van der Waals surface area (Å²) in [5.74, 6) is -1.47. The van der Waals surface area contributed by atoms with Gasteiger partial charge in [-0.2, -0.15) is 0 Å². The van der Waals surface area contributed by atoms with Gasteiger partial charge < -0.3 is 9.84 Å². The van der Waals surface area contributed by atoms with Crippen molar-refractivity contribution >= 4 is 34.4 Å². The SMILES string of the molecule is O=C1OC(CO)CN1c1cc(F)c(I)c(F)c1. The zero-order valence-corrected chi connectivity index (χ0v) is 10.6. The summed E-state index contributed by atoms with van der Waals surface area (Å²) in [7, 11) is 0. The van der Waals surface area contributed by atoms with Gasteiger partial charge in [-0.25, -0.2) is 13.6 Å². The predicted octanol–water partition coefficient (Wildman–Crippen LogP) is 1.89. The van der Waals surface area contributed by atoms with Crippen LogP contribution in [0.5, 0.6) is 0 Å². The first kappa shape index (κ1) is 12.5. The van der Waals surface area contributed by atoms with Crippen molar-refractivity contribution in [3.05, 3.63) is 27.3 Å². The summed E-state index contributed by atoms with van der Waals surface area (Å²) in [6.45, 7) is -0.244. The third kappa shape index (κ3) is 2.34. The highest BCUT2D eigenvalue weighted by molar-refractivity contribution is 14.1. The molecule has 1 atom stereocenters. The number of carbonyl (C=O) groups excluding carboxylic acids is 1. The minimum absolute atomic E-state index is 0.0782. The van der Waals surface area contributed by atoms with Crippen molar-refractivity contribution in [2.45, 2.75) is 6.10 Å². The summed E-state index contributed by atoms with van der Waals surface area (Å²) in [5, 5.41) is 8.85. The standard InChI is InChI=1S/C10H8F2INO3/c11-7-1-5(2-8(12)9(7)13)14-3-6(4-15)17-10(14)16/h1-2,6,15H,3-4H2. The number of hydrogen-bond acceptors (Lipinski definition) is 3. The van der Waals surface area contributed by atoms with Crippen LogP contribution in [0, 0.1) is 15.2 Å². The Morgan fingerprint density at radius 1 is 1.47 bits per heavy atom. The normalized spacial score (nSPS) is 19.6. The maximum absolute atomic E-state index is 13.3. The molecule has 0 saturated carbocycles. The summed E-state index contributed by atoms with van der Waals surface area (Å²) >= 11 is 1.54. The van der Waals surface area contributed by atoms with E-state index in [0.29, 0.717) is 0 Å². The van der Waals surface area contributed by atoms with Crippen LogP contribution >= 0.6 is 22.6 Å². The number of aliphatic hydroxyl groups is 1. The van der Waals surface area contributed by atoms with E-state index in [0.717, 1.165) is 17.0 Å². The first-order chi connectivity index (χ1) is 8.02. The van der Waals surface area contributed by atoms with Crippen molar-refractivity contribution < 1.29 is 23.4 Å². The third-order valence-electron chi connectivity index (χ3n) is 2.36. The smallest absolute Gasteiger partial charge is 0.414 e. The molecular formula is C10H8F2INO3. The Labute approximate surface area is 109 Å². The second kappa shape index (κ2) is 4.73. The lowest BCUT2D eigenvalue weighted by molar-refractivity contribution is 0.0963. The van der Waals surface area contributed by atoms with Crippen LogP contribution in [0.2, 0.25) is 0 Å². The molecule has 1 saturated heterocycles. The quantitative estimate of drug-likeness (QED) is 0.651. The maximum Gasteiger partial charge on any atom is 0.414 e. The second-order valence-corrected chi connectivity index (χ2v) is 4.60. The first-order valence-corrected chi connectivity index (χ1v) is 5.84. The number of cyclic esters (lactones) is 1. The van der Waals surface area contributed by atoms with Gasteiger partial charge in [0, 0.05) is 0 Å². The van der Waals surface area contributed by atoms with Crippen LogP contribution in [0.3, 0.4) is 0 Å². The highest BCUT2D eigenvalue weighted by Crippen LogP contribution is 2.26. The number of benzene rings is 1. The molecule has 2 rings (SSSR count). The van der Waals surface area contributed by atoms with Crippen molar-refractivity contribution in [1.29, 1.82) is 0 Å². The third-order valence-corrected chi connectivity index (χ3v) is 3.39. The van der Waals surface area contributed by atoms with Crippen LogP contribution < -0.4 is 4.90 Å². The van der Waals surface area contributed by atoms with Gasteiger partial charge in [0.2, 0.25) is 0 Å². The lowest BCUT2D eigenvalue weighted by atomic mass is 10.2.